The first kappa shape index (κ1) is 25.4. The van der Waals surface area contributed by atoms with Crippen LogP contribution in [0.2, 0.25) is 5.02 Å². The van der Waals surface area contributed by atoms with E-state index >= 15 is 0 Å². The summed E-state index contributed by atoms with van der Waals surface area (Å²) >= 11 is 6.22. The number of amides is 1. The molecule has 0 fully saturated rings. The summed E-state index contributed by atoms with van der Waals surface area (Å²) in [4.78, 5) is 12.8. The van der Waals surface area contributed by atoms with Crippen LogP contribution < -0.4 is 19.5 Å². The highest BCUT2D eigenvalue weighted by Gasteiger charge is 2.22. The van der Waals surface area contributed by atoms with E-state index in [0.29, 0.717) is 46.7 Å². The molecule has 0 unspecified atom stereocenters. The van der Waals surface area contributed by atoms with E-state index in [9.17, 15) is 4.79 Å². The lowest BCUT2D eigenvalue weighted by Gasteiger charge is -2.16. The number of halogens is 1. The van der Waals surface area contributed by atoms with Gasteiger partial charge in [-0.15, -0.1) is 0 Å². The number of benzene rings is 2. The largest absolute Gasteiger partial charge is 0.490 e. The Morgan fingerprint density at radius 3 is 2.32 bits per heavy atom. The van der Waals surface area contributed by atoms with Gasteiger partial charge in [-0.25, -0.2) is 4.63 Å². The van der Waals surface area contributed by atoms with Crippen LogP contribution in [0.5, 0.6) is 17.2 Å². The second-order valence-corrected chi connectivity index (χ2v) is 8.32. The summed E-state index contributed by atoms with van der Waals surface area (Å²) in [6.45, 7) is 10.6. The summed E-state index contributed by atoms with van der Waals surface area (Å²) in [7, 11) is 0. The average molecular weight is 488 g/mol. The number of hydrogen-bond acceptors (Lipinski definition) is 7. The number of carbonyl (C=O) groups is 1. The fourth-order valence-corrected chi connectivity index (χ4v) is 3.33. The number of rotatable bonds is 11. The topological polar surface area (TPSA) is 95.7 Å². The van der Waals surface area contributed by atoms with Crippen LogP contribution >= 0.6 is 11.6 Å². The molecule has 3 rings (SSSR count). The number of nitrogens with one attached hydrogen (secondary N) is 1. The summed E-state index contributed by atoms with van der Waals surface area (Å²) in [6.07, 6.45) is 0.945. The monoisotopic (exact) mass is 487 g/mol. The van der Waals surface area contributed by atoms with Crippen LogP contribution in [0.4, 0.5) is 5.82 Å². The molecule has 1 aromatic heterocycles. The highest BCUT2D eigenvalue weighted by Crippen LogP contribution is 2.35. The number of aromatic nitrogens is 2. The van der Waals surface area contributed by atoms with Gasteiger partial charge in [-0.1, -0.05) is 25.4 Å². The quantitative estimate of drug-likeness (QED) is 0.354. The van der Waals surface area contributed by atoms with Crippen LogP contribution in [-0.4, -0.2) is 35.5 Å². The fourth-order valence-electron chi connectivity index (χ4n) is 3.22. The van der Waals surface area contributed by atoms with Crippen molar-refractivity contribution in [1.82, 2.24) is 10.3 Å². The molecule has 1 atom stereocenters. The van der Waals surface area contributed by atoms with Crippen molar-refractivity contribution in [1.29, 1.82) is 0 Å². The maximum atomic E-state index is 12.8. The maximum absolute atomic E-state index is 12.8. The molecule has 2 aromatic carbocycles. The Kier molecular flexibility index (Phi) is 8.76. The normalized spacial score (nSPS) is 11.7. The number of carbonyl (C=O) groups excluding carboxylic acids is 1. The third-order valence-corrected chi connectivity index (χ3v) is 5.56. The van der Waals surface area contributed by atoms with Crippen LogP contribution in [0, 0.1) is 13.8 Å². The van der Waals surface area contributed by atoms with Crippen molar-refractivity contribution in [2.45, 2.75) is 53.6 Å². The van der Waals surface area contributed by atoms with Crippen molar-refractivity contribution in [2.24, 2.45) is 0 Å². The lowest BCUT2D eigenvalue weighted by atomic mass is 10.1. The second kappa shape index (κ2) is 11.7. The lowest BCUT2D eigenvalue weighted by molar-refractivity contribution is -0.122. The Labute approximate surface area is 204 Å². The van der Waals surface area contributed by atoms with Gasteiger partial charge in [0, 0.05) is 10.6 Å². The van der Waals surface area contributed by atoms with Gasteiger partial charge in [0.05, 0.1) is 13.2 Å². The van der Waals surface area contributed by atoms with Gasteiger partial charge in [-0.2, -0.15) is 0 Å². The second-order valence-electron chi connectivity index (χ2n) is 7.94. The molecular formula is C25H30ClN3O5. The molecule has 182 valence electrons. The molecule has 1 N–H and O–H groups in total. The predicted octanol–water partition coefficient (Wildman–Crippen LogP) is 5.99. The van der Waals surface area contributed by atoms with E-state index in [4.69, 9.17) is 30.4 Å². The molecule has 0 aliphatic heterocycles. The first-order valence-corrected chi connectivity index (χ1v) is 11.7. The third kappa shape index (κ3) is 6.20. The minimum Gasteiger partial charge on any atom is -0.490 e. The van der Waals surface area contributed by atoms with E-state index < -0.39 is 12.0 Å². The van der Waals surface area contributed by atoms with Crippen LogP contribution in [0.15, 0.2) is 35.0 Å². The number of anilines is 1. The third-order valence-electron chi connectivity index (χ3n) is 4.96. The van der Waals surface area contributed by atoms with Crippen molar-refractivity contribution in [2.75, 3.05) is 18.5 Å². The van der Waals surface area contributed by atoms with Crippen LogP contribution in [0.25, 0.3) is 11.3 Å². The molecular weight excluding hydrogens is 458 g/mol. The van der Waals surface area contributed by atoms with Crippen molar-refractivity contribution >= 4 is 23.3 Å². The zero-order valence-corrected chi connectivity index (χ0v) is 20.9. The molecule has 0 saturated carbocycles. The lowest BCUT2D eigenvalue weighted by Crippen LogP contribution is -2.30. The maximum Gasteiger partial charge on any atom is 0.266 e. The standard InChI is InChI=1S/C25H30ClN3O5/c1-6-10-31-20-9-8-18(14-21(20)32-11-7-2)23-24(29-34-28-23)27-25(30)17(5)33-19-12-15(3)22(26)16(4)13-19/h8-9,12-14,17H,6-7,10-11H2,1-5H3,(H,27,29,30)/t17-/m1/s1. The van der Waals surface area contributed by atoms with Crippen molar-refractivity contribution in [3.8, 4) is 28.5 Å². The zero-order valence-electron chi connectivity index (χ0n) is 20.1. The van der Waals surface area contributed by atoms with Gasteiger partial charge < -0.3 is 19.5 Å². The zero-order chi connectivity index (χ0) is 24.7. The summed E-state index contributed by atoms with van der Waals surface area (Å²) in [5.74, 6) is 1.59. The highest BCUT2D eigenvalue weighted by atomic mass is 35.5. The predicted molar refractivity (Wildman–Crippen MR) is 131 cm³/mol. The van der Waals surface area contributed by atoms with Gasteiger partial charge in [0.1, 0.15) is 5.75 Å². The summed E-state index contributed by atoms with van der Waals surface area (Å²) in [5, 5.41) is 11.2. The Morgan fingerprint density at radius 2 is 1.68 bits per heavy atom. The van der Waals surface area contributed by atoms with E-state index in [0.717, 1.165) is 24.0 Å². The van der Waals surface area contributed by atoms with Crippen LogP contribution in [0.3, 0.4) is 0 Å². The Balaban J connectivity index is 1.76. The van der Waals surface area contributed by atoms with E-state index in [2.05, 4.69) is 15.6 Å². The molecule has 0 aliphatic carbocycles. The molecule has 0 aliphatic rings. The van der Waals surface area contributed by atoms with Crippen molar-refractivity contribution in [3.05, 3.63) is 46.5 Å². The number of aryl methyl sites for hydroxylation is 2. The Bertz CT molecular complexity index is 1110. The number of ether oxygens (including phenoxy) is 3. The fraction of sp³-hybridized carbons (Fsp3) is 0.400. The summed E-state index contributed by atoms with van der Waals surface area (Å²) in [5.41, 5.74) is 2.80. The van der Waals surface area contributed by atoms with Gasteiger partial charge in [0.25, 0.3) is 5.91 Å². The first-order chi connectivity index (χ1) is 16.3. The highest BCUT2D eigenvalue weighted by molar-refractivity contribution is 6.32. The van der Waals surface area contributed by atoms with E-state index in [1.807, 2.05) is 39.8 Å². The van der Waals surface area contributed by atoms with Gasteiger partial charge >= 0.3 is 0 Å². The van der Waals surface area contributed by atoms with Crippen molar-refractivity contribution in [3.63, 3.8) is 0 Å². The van der Waals surface area contributed by atoms with Gasteiger partial charge in [0.2, 0.25) is 5.82 Å². The molecule has 0 saturated heterocycles. The molecule has 0 spiro atoms. The summed E-state index contributed by atoms with van der Waals surface area (Å²) in [6, 6.07) is 9.02. The SMILES string of the molecule is CCCOc1ccc(-c2nonc2NC(=O)[C@@H](C)Oc2cc(C)c(Cl)c(C)c2)cc1OCCC. The summed E-state index contributed by atoms with van der Waals surface area (Å²) < 4.78 is 22.4. The van der Waals surface area contributed by atoms with E-state index in [1.54, 1.807) is 25.1 Å². The van der Waals surface area contributed by atoms with Gasteiger partial charge in [-0.05, 0) is 85.4 Å². The molecule has 1 amide bonds. The van der Waals surface area contributed by atoms with Gasteiger partial charge in [-0.3, -0.25) is 4.79 Å². The number of nitrogens with zero attached hydrogens (tertiary/aromatic N) is 2. The molecule has 9 heteroatoms. The smallest absolute Gasteiger partial charge is 0.266 e. The first-order valence-electron chi connectivity index (χ1n) is 11.3. The minimum atomic E-state index is -0.794. The molecule has 34 heavy (non-hydrogen) atoms. The Hall–Kier alpha value is -3.26. The molecule has 8 nitrogen and oxygen atoms in total. The molecule has 3 aromatic rings. The molecule has 1 heterocycles. The van der Waals surface area contributed by atoms with Crippen LogP contribution in [0.1, 0.15) is 44.7 Å². The number of hydrogen-bond donors (Lipinski definition) is 1. The Morgan fingerprint density at radius 1 is 1.03 bits per heavy atom. The van der Waals surface area contributed by atoms with E-state index in [1.165, 1.54) is 0 Å². The van der Waals surface area contributed by atoms with Crippen LogP contribution in [-0.2, 0) is 4.79 Å². The van der Waals surface area contributed by atoms with Crippen molar-refractivity contribution < 1.29 is 23.6 Å². The van der Waals surface area contributed by atoms with E-state index in [-0.39, 0.29) is 5.82 Å². The molecule has 0 bridgehead atoms. The molecule has 0 radical (unpaired) electrons. The minimum absolute atomic E-state index is 0.188. The average Bonchev–Trinajstić information content (AvgIpc) is 3.28. The van der Waals surface area contributed by atoms with Gasteiger partial charge in [0.15, 0.2) is 23.3 Å².